The van der Waals surface area contributed by atoms with Gasteiger partial charge in [0.15, 0.2) is 0 Å². The highest BCUT2D eigenvalue weighted by Crippen LogP contribution is 2.26. The van der Waals surface area contributed by atoms with E-state index in [1.54, 1.807) is 24.3 Å². The number of rotatable bonds is 5. The molecule has 1 aliphatic rings. The lowest BCUT2D eigenvalue weighted by molar-refractivity contribution is -0.140. The van der Waals surface area contributed by atoms with Crippen molar-refractivity contribution < 1.29 is 13.2 Å². The molecule has 0 saturated carbocycles. The average molecular weight is 367 g/mol. The van der Waals surface area contributed by atoms with Gasteiger partial charge in [-0.15, -0.1) is 0 Å². The van der Waals surface area contributed by atoms with Crippen LogP contribution in [0.25, 0.3) is 0 Å². The predicted octanol–water partition coefficient (Wildman–Crippen LogP) is 3.04. The number of benzene rings is 1. The molecule has 1 heterocycles. The second-order valence-corrected chi connectivity index (χ2v) is 9.39. The van der Waals surface area contributed by atoms with E-state index in [1.807, 2.05) is 39.5 Å². The maximum atomic E-state index is 12.9. The predicted molar refractivity (Wildman–Crippen MR) is 99.8 cm³/mol. The van der Waals surface area contributed by atoms with E-state index in [2.05, 4.69) is 0 Å². The minimum Gasteiger partial charge on any atom is -0.338 e. The summed E-state index contributed by atoms with van der Waals surface area (Å²) in [4.78, 5) is 15.1. The molecule has 1 amide bonds. The van der Waals surface area contributed by atoms with Crippen LogP contribution in [0.15, 0.2) is 29.2 Å². The number of carbonyl (C=O) groups is 1. The molecule has 0 aromatic heterocycles. The first-order valence-electron chi connectivity index (χ1n) is 9.03. The lowest BCUT2D eigenvalue weighted by atomic mass is 9.97. The lowest BCUT2D eigenvalue weighted by Gasteiger charge is -2.37. The fourth-order valence-corrected chi connectivity index (χ4v) is 5.06. The Bertz CT molecular complexity index is 688. The Labute approximate surface area is 152 Å². The lowest BCUT2D eigenvalue weighted by Crippen LogP contribution is -2.50. The van der Waals surface area contributed by atoms with Gasteiger partial charge in [-0.3, -0.25) is 4.79 Å². The first kappa shape index (κ1) is 19.9. The molecule has 0 bridgehead atoms. The topological polar surface area (TPSA) is 57.7 Å². The highest BCUT2D eigenvalue weighted by Gasteiger charge is 2.36. The summed E-state index contributed by atoms with van der Waals surface area (Å²) in [7, 11) is -3.55. The van der Waals surface area contributed by atoms with Gasteiger partial charge in [-0.1, -0.05) is 17.7 Å². The molecule has 140 valence electrons. The molecule has 5 nitrogen and oxygen atoms in total. The molecule has 0 radical (unpaired) electrons. The fraction of sp³-hybridized carbons (Fsp3) is 0.632. The third kappa shape index (κ3) is 4.42. The molecule has 1 fully saturated rings. The first-order chi connectivity index (χ1) is 11.6. The number of hydrogen-bond donors (Lipinski definition) is 0. The molecule has 0 N–H and O–H groups in total. The number of carbonyl (C=O) groups excluding carboxylic acids is 1. The van der Waals surface area contributed by atoms with E-state index in [-0.39, 0.29) is 30.5 Å². The molecule has 1 atom stereocenters. The summed E-state index contributed by atoms with van der Waals surface area (Å²) in [5, 5.41) is 0. The van der Waals surface area contributed by atoms with E-state index >= 15 is 0 Å². The summed E-state index contributed by atoms with van der Waals surface area (Å²) < 4.78 is 27.3. The van der Waals surface area contributed by atoms with Gasteiger partial charge in [0.1, 0.15) is 0 Å². The average Bonchev–Trinajstić information content (AvgIpc) is 2.54. The zero-order valence-corrected chi connectivity index (χ0v) is 16.7. The summed E-state index contributed by atoms with van der Waals surface area (Å²) in [5.41, 5.74) is 1.02. The summed E-state index contributed by atoms with van der Waals surface area (Å²) in [5.74, 6) is -0.201. The van der Waals surface area contributed by atoms with Crippen LogP contribution in [0, 0.1) is 12.8 Å². The standard InChI is InChI=1S/C19H30N2O3S/c1-14(2)21(15(3)4)19(22)17-7-6-12-20(13-17)25(23,24)18-10-8-16(5)9-11-18/h8-11,14-15,17H,6-7,12-13H2,1-5H3. The molecule has 1 saturated heterocycles. The van der Waals surface area contributed by atoms with Crippen molar-refractivity contribution in [2.45, 2.75) is 64.4 Å². The number of amides is 1. The van der Waals surface area contributed by atoms with Crippen LogP contribution < -0.4 is 0 Å². The van der Waals surface area contributed by atoms with Crippen LogP contribution in [0.2, 0.25) is 0 Å². The van der Waals surface area contributed by atoms with Crippen LogP contribution in [0.3, 0.4) is 0 Å². The first-order valence-corrected chi connectivity index (χ1v) is 10.5. The number of hydrogen-bond acceptors (Lipinski definition) is 3. The fourth-order valence-electron chi connectivity index (χ4n) is 3.54. The Morgan fingerprint density at radius 2 is 1.68 bits per heavy atom. The van der Waals surface area contributed by atoms with Crippen molar-refractivity contribution in [2.24, 2.45) is 5.92 Å². The van der Waals surface area contributed by atoms with Crippen molar-refractivity contribution >= 4 is 15.9 Å². The second-order valence-electron chi connectivity index (χ2n) is 7.45. The van der Waals surface area contributed by atoms with Crippen molar-refractivity contribution in [2.75, 3.05) is 13.1 Å². The molecule has 1 aliphatic heterocycles. The van der Waals surface area contributed by atoms with Gasteiger partial charge in [0.25, 0.3) is 0 Å². The smallest absolute Gasteiger partial charge is 0.243 e. The zero-order valence-electron chi connectivity index (χ0n) is 15.9. The number of aryl methyl sites for hydroxylation is 1. The van der Waals surface area contributed by atoms with Crippen LogP contribution in [-0.4, -0.2) is 48.7 Å². The molecular weight excluding hydrogens is 336 g/mol. The second kappa shape index (κ2) is 7.87. The highest BCUT2D eigenvalue weighted by molar-refractivity contribution is 7.89. The van der Waals surface area contributed by atoms with Gasteiger partial charge in [-0.05, 0) is 59.6 Å². The van der Waals surface area contributed by atoms with Crippen molar-refractivity contribution in [1.82, 2.24) is 9.21 Å². The Hall–Kier alpha value is -1.40. The minimum atomic E-state index is -3.55. The van der Waals surface area contributed by atoms with Crippen molar-refractivity contribution in [1.29, 1.82) is 0 Å². The normalized spacial score (nSPS) is 19.4. The number of nitrogens with zero attached hydrogens (tertiary/aromatic N) is 2. The van der Waals surface area contributed by atoms with Gasteiger partial charge < -0.3 is 4.90 Å². The molecule has 1 unspecified atom stereocenters. The largest absolute Gasteiger partial charge is 0.338 e. The van der Waals surface area contributed by atoms with Gasteiger partial charge in [-0.2, -0.15) is 4.31 Å². The molecule has 0 aliphatic carbocycles. The van der Waals surface area contributed by atoms with Crippen molar-refractivity contribution in [3.05, 3.63) is 29.8 Å². The summed E-state index contributed by atoms with van der Waals surface area (Å²) in [6.07, 6.45) is 1.46. The van der Waals surface area contributed by atoms with Gasteiger partial charge in [0.05, 0.1) is 10.8 Å². The van der Waals surface area contributed by atoms with Crippen LogP contribution >= 0.6 is 0 Å². The van der Waals surface area contributed by atoms with Crippen LogP contribution in [0.5, 0.6) is 0 Å². The Morgan fingerprint density at radius 1 is 1.12 bits per heavy atom. The quantitative estimate of drug-likeness (QED) is 0.805. The summed E-state index contributed by atoms with van der Waals surface area (Å²) >= 11 is 0. The SMILES string of the molecule is Cc1ccc(S(=O)(=O)N2CCCC(C(=O)N(C(C)C)C(C)C)C2)cc1. The number of piperidine rings is 1. The Kier molecular flexibility index (Phi) is 6.27. The maximum absolute atomic E-state index is 12.9. The molecule has 2 rings (SSSR count). The van der Waals surface area contributed by atoms with E-state index in [0.29, 0.717) is 17.9 Å². The van der Waals surface area contributed by atoms with Crippen LogP contribution in [0.1, 0.15) is 46.1 Å². The van der Waals surface area contributed by atoms with Gasteiger partial charge in [-0.25, -0.2) is 8.42 Å². The molecule has 25 heavy (non-hydrogen) atoms. The third-order valence-electron chi connectivity index (χ3n) is 4.76. The van der Waals surface area contributed by atoms with Crippen LogP contribution in [0.4, 0.5) is 0 Å². The van der Waals surface area contributed by atoms with Crippen molar-refractivity contribution in [3.8, 4) is 0 Å². The van der Waals surface area contributed by atoms with E-state index < -0.39 is 10.0 Å². The van der Waals surface area contributed by atoms with Crippen molar-refractivity contribution in [3.63, 3.8) is 0 Å². The van der Waals surface area contributed by atoms with E-state index in [9.17, 15) is 13.2 Å². The third-order valence-corrected chi connectivity index (χ3v) is 6.64. The molecule has 0 spiro atoms. The van der Waals surface area contributed by atoms with E-state index in [4.69, 9.17) is 0 Å². The molecule has 6 heteroatoms. The zero-order chi connectivity index (χ0) is 18.8. The minimum absolute atomic E-state index is 0.0637. The van der Waals surface area contributed by atoms with Crippen LogP contribution in [-0.2, 0) is 14.8 Å². The maximum Gasteiger partial charge on any atom is 0.243 e. The van der Waals surface area contributed by atoms with Gasteiger partial charge in [0, 0.05) is 25.2 Å². The van der Waals surface area contributed by atoms with Gasteiger partial charge >= 0.3 is 0 Å². The van der Waals surface area contributed by atoms with E-state index in [1.165, 1.54) is 4.31 Å². The Balaban J connectivity index is 2.20. The van der Waals surface area contributed by atoms with E-state index in [0.717, 1.165) is 12.0 Å². The monoisotopic (exact) mass is 366 g/mol. The molecule has 1 aromatic carbocycles. The Morgan fingerprint density at radius 3 is 2.20 bits per heavy atom. The van der Waals surface area contributed by atoms with Gasteiger partial charge in [0.2, 0.25) is 15.9 Å². The molecule has 1 aromatic rings. The summed E-state index contributed by atoms with van der Waals surface area (Å²) in [6, 6.07) is 7.11. The molecular formula is C19H30N2O3S. The number of sulfonamides is 1. The highest BCUT2D eigenvalue weighted by atomic mass is 32.2. The summed E-state index contributed by atoms with van der Waals surface area (Å²) in [6.45, 7) is 10.7.